The van der Waals surface area contributed by atoms with Crippen molar-refractivity contribution in [2.75, 3.05) is 24.0 Å². The molecule has 0 aliphatic rings. The molecule has 0 fully saturated rings. The molecule has 0 unspecified atom stereocenters. The number of carbonyl (C=O) groups excluding carboxylic acids is 2. The molecule has 0 amide bonds. The fourth-order valence-corrected chi connectivity index (χ4v) is 3.21. The Balaban J connectivity index is 3.95. The Morgan fingerprint density at radius 2 is 1.08 bits per heavy atom. The van der Waals surface area contributed by atoms with E-state index in [1.54, 1.807) is 23.5 Å². The molecule has 0 saturated carbocycles. The molecule has 0 aromatic carbocycles. The lowest BCUT2D eigenvalue weighted by molar-refractivity contribution is -0.157. The molecule has 0 heterocycles. The van der Waals surface area contributed by atoms with Gasteiger partial charge in [-0.2, -0.15) is 23.5 Å². The Morgan fingerprint density at radius 3 is 1.40 bits per heavy atom. The van der Waals surface area contributed by atoms with Gasteiger partial charge in [0.05, 0.1) is 12.8 Å². The lowest BCUT2D eigenvalue weighted by Gasteiger charge is -2.26. The van der Waals surface area contributed by atoms with Crippen molar-refractivity contribution in [1.82, 2.24) is 0 Å². The zero-order valence-corrected chi connectivity index (χ0v) is 18.4. The van der Waals surface area contributed by atoms with E-state index in [2.05, 4.69) is 0 Å². The number of unbranched alkanes of at least 4 members (excludes halogenated alkanes) is 2. The number of thioether (sulfide) groups is 2. The molecule has 0 aromatic heterocycles. The highest BCUT2D eigenvalue weighted by molar-refractivity contribution is 7.98. The van der Waals surface area contributed by atoms with E-state index in [0.717, 1.165) is 43.6 Å². The lowest BCUT2D eigenvalue weighted by atomic mass is 9.96. The molecule has 6 heteroatoms. The summed E-state index contributed by atoms with van der Waals surface area (Å²) in [7, 11) is 0. The smallest absolute Gasteiger partial charge is 0.307 e. The Kier molecular flexibility index (Phi) is 12.7. The van der Waals surface area contributed by atoms with Crippen LogP contribution in [0.5, 0.6) is 0 Å². The van der Waals surface area contributed by atoms with Gasteiger partial charge < -0.3 is 9.47 Å². The van der Waals surface area contributed by atoms with Gasteiger partial charge in [0.25, 0.3) is 0 Å². The first-order chi connectivity index (χ1) is 11.6. The predicted molar refractivity (Wildman–Crippen MR) is 109 cm³/mol. The summed E-state index contributed by atoms with van der Waals surface area (Å²) < 4.78 is 11.1. The average Bonchev–Trinajstić information content (AvgIpc) is 2.49. The van der Waals surface area contributed by atoms with Gasteiger partial charge in [0.1, 0.15) is 11.2 Å². The third-order valence-electron chi connectivity index (χ3n) is 3.86. The van der Waals surface area contributed by atoms with E-state index in [1.165, 1.54) is 0 Å². The quantitative estimate of drug-likeness (QED) is 0.303. The summed E-state index contributed by atoms with van der Waals surface area (Å²) in [5.74, 6) is 1.38. The van der Waals surface area contributed by atoms with Gasteiger partial charge in [0, 0.05) is 11.5 Å². The molecule has 25 heavy (non-hydrogen) atoms. The Hall–Kier alpha value is -0.360. The second kappa shape index (κ2) is 12.9. The van der Waals surface area contributed by atoms with E-state index in [1.807, 2.05) is 40.2 Å². The van der Waals surface area contributed by atoms with E-state index in [-0.39, 0.29) is 11.9 Å². The van der Waals surface area contributed by atoms with E-state index in [4.69, 9.17) is 9.47 Å². The van der Waals surface area contributed by atoms with E-state index < -0.39 is 11.2 Å². The molecule has 0 aromatic rings. The summed E-state index contributed by atoms with van der Waals surface area (Å²) in [4.78, 5) is 23.5. The fraction of sp³-hybridized carbons (Fsp3) is 0.895. The molecule has 4 nitrogen and oxygen atoms in total. The minimum absolute atomic E-state index is 0.113. The van der Waals surface area contributed by atoms with E-state index in [0.29, 0.717) is 12.8 Å². The van der Waals surface area contributed by atoms with E-state index in [9.17, 15) is 9.59 Å². The van der Waals surface area contributed by atoms with Crippen LogP contribution in [0, 0.1) is 0 Å². The van der Waals surface area contributed by atoms with Crippen LogP contribution in [0.4, 0.5) is 0 Å². The van der Waals surface area contributed by atoms with Crippen molar-refractivity contribution in [2.24, 2.45) is 0 Å². The standard InChI is InChI=1S/C19H36O4S2/c1-18(2,22-16(20)10-14-24-5)12-8-7-9-13-19(3,4)23-17(21)11-15-25-6/h7-15H2,1-6H3. The highest BCUT2D eigenvalue weighted by Gasteiger charge is 2.24. The average molecular weight is 393 g/mol. The summed E-state index contributed by atoms with van der Waals surface area (Å²) in [6, 6.07) is 0. The van der Waals surface area contributed by atoms with Crippen LogP contribution < -0.4 is 0 Å². The van der Waals surface area contributed by atoms with Crippen LogP contribution in [-0.2, 0) is 19.1 Å². The minimum Gasteiger partial charge on any atom is -0.460 e. The molecule has 0 N–H and O–H groups in total. The van der Waals surface area contributed by atoms with Crippen molar-refractivity contribution in [3.05, 3.63) is 0 Å². The summed E-state index contributed by atoms with van der Waals surface area (Å²) in [6.45, 7) is 7.89. The van der Waals surface area contributed by atoms with Gasteiger partial charge in [0.2, 0.25) is 0 Å². The zero-order valence-electron chi connectivity index (χ0n) is 16.8. The molecule has 0 rings (SSSR count). The van der Waals surface area contributed by atoms with Gasteiger partial charge in [0.15, 0.2) is 0 Å². The van der Waals surface area contributed by atoms with E-state index >= 15 is 0 Å². The molecular formula is C19H36O4S2. The SMILES string of the molecule is CSCCC(=O)OC(C)(C)CCCCCC(C)(C)OC(=O)CCSC. The topological polar surface area (TPSA) is 52.6 Å². The van der Waals surface area contributed by atoms with Crippen LogP contribution in [0.1, 0.15) is 72.6 Å². The molecule has 0 spiro atoms. The van der Waals surface area contributed by atoms with Crippen LogP contribution in [0.2, 0.25) is 0 Å². The van der Waals surface area contributed by atoms with Gasteiger partial charge in [-0.25, -0.2) is 0 Å². The summed E-state index contributed by atoms with van der Waals surface area (Å²) in [5.41, 5.74) is -0.815. The van der Waals surface area contributed by atoms with Crippen LogP contribution in [0.15, 0.2) is 0 Å². The van der Waals surface area contributed by atoms with Gasteiger partial charge in [-0.15, -0.1) is 0 Å². The van der Waals surface area contributed by atoms with Gasteiger partial charge in [-0.3, -0.25) is 9.59 Å². The molecule has 0 saturated heterocycles. The third kappa shape index (κ3) is 14.5. The monoisotopic (exact) mass is 392 g/mol. The molecule has 0 aliphatic carbocycles. The maximum atomic E-state index is 11.7. The van der Waals surface area contributed by atoms with Gasteiger partial charge >= 0.3 is 11.9 Å². The predicted octanol–water partition coefficient (Wildman–Crippen LogP) is 5.09. The summed E-state index contributed by atoms with van der Waals surface area (Å²) in [5, 5.41) is 0. The Bertz CT molecular complexity index is 359. The first kappa shape index (κ1) is 24.6. The number of ether oxygens (including phenoxy) is 2. The number of esters is 2. The number of carbonyl (C=O) groups is 2. The van der Waals surface area contributed by atoms with Crippen LogP contribution in [0.25, 0.3) is 0 Å². The van der Waals surface area contributed by atoms with Crippen molar-refractivity contribution in [3.8, 4) is 0 Å². The van der Waals surface area contributed by atoms with Crippen LogP contribution in [-0.4, -0.2) is 47.2 Å². The van der Waals surface area contributed by atoms with Crippen molar-refractivity contribution < 1.29 is 19.1 Å². The van der Waals surface area contributed by atoms with Crippen molar-refractivity contribution in [2.45, 2.75) is 83.8 Å². The number of hydrogen-bond acceptors (Lipinski definition) is 6. The highest BCUT2D eigenvalue weighted by Crippen LogP contribution is 2.23. The Morgan fingerprint density at radius 1 is 0.720 bits per heavy atom. The van der Waals surface area contributed by atoms with Crippen molar-refractivity contribution in [3.63, 3.8) is 0 Å². The summed E-state index contributed by atoms with van der Waals surface area (Å²) in [6.07, 6.45) is 9.66. The fourth-order valence-electron chi connectivity index (χ4n) is 2.47. The minimum atomic E-state index is -0.407. The maximum absolute atomic E-state index is 11.7. The van der Waals surface area contributed by atoms with Gasteiger partial charge in [-0.05, 0) is 65.9 Å². The van der Waals surface area contributed by atoms with Crippen molar-refractivity contribution in [1.29, 1.82) is 0 Å². The highest BCUT2D eigenvalue weighted by atomic mass is 32.2. The van der Waals surface area contributed by atoms with Crippen LogP contribution in [0.3, 0.4) is 0 Å². The first-order valence-electron chi connectivity index (χ1n) is 9.03. The number of hydrogen-bond donors (Lipinski definition) is 0. The van der Waals surface area contributed by atoms with Gasteiger partial charge in [-0.1, -0.05) is 6.42 Å². The molecular weight excluding hydrogens is 356 g/mol. The third-order valence-corrected chi connectivity index (χ3v) is 5.08. The lowest BCUT2D eigenvalue weighted by Crippen LogP contribution is -2.29. The first-order valence-corrected chi connectivity index (χ1v) is 11.8. The zero-order chi connectivity index (χ0) is 19.3. The largest absolute Gasteiger partial charge is 0.460 e. The molecule has 148 valence electrons. The molecule has 0 bridgehead atoms. The number of rotatable bonds is 14. The Labute approximate surface area is 162 Å². The molecule has 0 radical (unpaired) electrons. The second-order valence-corrected chi connectivity index (χ2v) is 9.48. The maximum Gasteiger partial charge on any atom is 0.307 e. The second-order valence-electron chi connectivity index (χ2n) is 7.51. The normalized spacial score (nSPS) is 12.1. The van der Waals surface area contributed by atoms with Crippen molar-refractivity contribution >= 4 is 35.5 Å². The molecule has 0 atom stereocenters. The summed E-state index contributed by atoms with van der Waals surface area (Å²) >= 11 is 3.31. The van der Waals surface area contributed by atoms with Crippen LogP contribution >= 0.6 is 23.5 Å². The molecule has 0 aliphatic heterocycles.